The number of fused-ring (bicyclic) bond motifs is 1. The number of amides is 3. The van der Waals surface area contributed by atoms with Crippen molar-refractivity contribution in [2.45, 2.75) is 51.2 Å². The summed E-state index contributed by atoms with van der Waals surface area (Å²) >= 11 is 6.44. The number of aromatic nitrogens is 2. The van der Waals surface area contributed by atoms with Crippen LogP contribution in [0.4, 0.5) is 10.7 Å². The lowest BCUT2D eigenvalue weighted by molar-refractivity contribution is -0.122. The van der Waals surface area contributed by atoms with E-state index in [-0.39, 0.29) is 36.4 Å². The van der Waals surface area contributed by atoms with E-state index in [4.69, 9.17) is 16.3 Å². The fourth-order valence-corrected chi connectivity index (χ4v) is 5.68. The van der Waals surface area contributed by atoms with Crippen molar-refractivity contribution in [1.82, 2.24) is 25.1 Å². The van der Waals surface area contributed by atoms with Crippen LogP contribution >= 0.6 is 11.6 Å². The van der Waals surface area contributed by atoms with Crippen molar-refractivity contribution in [2.75, 3.05) is 38.2 Å². The largest absolute Gasteiger partial charge is 0.465 e. The third kappa shape index (κ3) is 6.25. The van der Waals surface area contributed by atoms with Gasteiger partial charge in [-0.3, -0.25) is 9.59 Å². The Kier molecular flexibility index (Phi) is 8.18. The molecule has 11 nitrogen and oxygen atoms in total. The van der Waals surface area contributed by atoms with Crippen LogP contribution in [0.25, 0.3) is 11.3 Å². The van der Waals surface area contributed by atoms with Crippen molar-refractivity contribution in [1.29, 1.82) is 0 Å². The van der Waals surface area contributed by atoms with Gasteiger partial charge in [0.05, 0.1) is 16.9 Å². The summed E-state index contributed by atoms with van der Waals surface area (Å²) in [5.74, 6) is 0.0235. The van der Waals surface area contributed by atoms with Gasteiger partial charge in [0.2, 0.25) is 11.9 Å². The summed E-state index contributed by atoms with van der Waals surface area (Å²) in [5, 5.41) is 16.0. The number of hydrogen-bond donors (Lipinski definition) is 3. The molecule has 12 heteroatoms. The molecule has 2 unspecified atom stereocenters. The zero-order chi connectivity index (χ0) is 27.5. The number of carbonyl (C=O) groups is 3. The quantitative estimate of drug-likeness (QED) is 0.473. The van der Waals surface area contributed by atoms with Crippen LogP contribution in [0.5, 0.6) is 0 Å². The van der Waals surface area contributed by atoms with E-state index >= 15 is 0 Å². The van der Waals surface area contributed by atoms with Gasteiger partial charge in [0, 0.05) is 56.1 Å². The van der Waals surface area contributed by atoms with Crippen LogP contribution in [0, 0.1) is 5.92 Å². The molecule has 0 spiro atoms. The minimum absolute atomic E-state index is 0.0382. The third-order valence-electron chi connectivity index (χ3n) is 7.72. The number of benzene rings is 1. The number of nitrogens with one attached hydrogen (secondary N) is 2. The molecule has 2 aromatic rings. The molecule has 3 aliphatic rings. The van der Waals surface area contributed by atoms with Crippen LogP contribution in [0.15, 0.2) is 24.4 Å². The van der Waals surface area contributed by atoms with Gasteiger partial charge in [0.1, 0.15) is 6.54 Å². The van der Waals surface area contributed by atoms with Crippen LogP contribution in [0.1, 0.15) is 48.5 Å². The Hall–Kier alpha value is -3.44. The number of carbonyl (C=O) groups excluding carboxylic acids is 2. The van der Waals surface area contributed by atoms with Crippen LogP contribution in [0.3, 0.4) is 0 Å². The van der Waals surface area contributed by atoms with Gasteiger partial charge < -0.3 is 30.3 Å². The molecule has 2 atom stereocenters. The van der Waals surface area contributed by atoms with Crippen molar-refractivity contribution in [3.05, 3.63) is 40.5 Å². The van der Waals surface area contributed by atoms with Gasteiger partial charge in [-0.15, -0.1) is 0 Å². The van der Waals surface area contributed by atoms with E-state index in [9.17, 15) is 19.5 Å². The highest BCUT2D eigenvalue weighted by molar-refractivity contribution is 6.33. The summed E-state index contributed by atoms with van der Waals surface area (Å²) in [6, 6.07) is 5.55. The van der Waals surface area contributed by atoms with Crippen LogP contribution < -0.4 is 10.6 Å². The molecule has 0 saturated carbocycles. The monoisotopic (exact) mass is 556 g/mol. The average molecular weight is 557 g/mol. The Morgan fingerprint density at radius 2 is 2.05 bits per heavy atom. The van der Waals surface area contributed by atoms with E-state index in [1.165, 1.54) is 9.80 Å². The molecular weight excluding hydrogens is 524 g/mol. The van der Waals surface area contributed by atoms with Crippen molar-refractivity contribution in [3.63, 3.8) is 0 Å². The second-order valence-corrected chi connectivity index (χ2v) is 10.8. The molecule has 2 saturated heterocycles. The number of ether oxygens (including phenoxy) is 1. The van der Waals surface area contributed by atoms with Crippen LogP contribution in [-0.4, -0.2) is 87.7 Å². The third-order valence-corrected chi connectivity index (χ3v) is 8.00. The number of halogens is 1. The minimum atomic E-state index is -0.937. The number of carboxylic acid groups (broad SMARTS) is 1. The van der Waals surface area contributed by atoms with Gasteiger partial charge in [-0.1, -0.05) is 23.7 Å². The van der Waals surface area contributed by atoms with E-state index in [0.29, 0.717) is 60.6 Å². The fraction of sp³-hybridized carbons (Fsp3) is 0.519. The highest BCUT2D eigenvalue weighted by Crippen LogP contribution is 2.32. The number of piperidine rings is 1. The van der Waals surface area contributed by atoms with E-state index < -0.39 is 6.09 Å². The molecule has 1 aromatic carbocycles. The van der Waals surface area contributed by atoms with Gasteiger partial charge in [-0.2, -0.15) is 0 Å². The lowest BCUT2D eigenvalue weighted by atomic mass is 9.92. The molecule has 2 fully saturated rings. The Labute approximate surface area is 231 Å². The van der Waals surface area contributed by atoms with E-state index in [1.807, 2.05) is 19.1 Å². The maximum Gasteiger partial charge on any atom is 0.407 e. The first-order valence-corrected chi connectivity index (χ1v) is 13.7. The highest BCUT2D eigenvalue weighted by atomic mass is 35.5. The van der Waals surface area contributed by atoms with E-state index in [0.717, 1.165) is 31.2 Å². The molecule has 0 bridgehead atoms. The average Bonchev–Trinajstić information content (AvgIpc) is 3.24. The number of hydrogen-bond acceptors (Lipinski definition) is 7. The normalized spacial score (nSPS) is 20.5. The van der Waals surface area contributed by atoms with Crippen LogP contribution in [0.2, 0.25) is 5.02 Å². The fourth-order valence-electron chi connectivity index (χ4n) is 5.48. The van der Waals surface area contributed by atoms with Gasteiger partial charge in [0.25, 0.3) is 5.91 Å². The van der Waals surface area contributed by atoms with E-state index in [2.05, 4.69) is 20.6 Å². The second kappa shape index (κ2) is 11.7. The number of nitrogens with zero attached hydrogens (tertiary/aromatic N) is 4. The topological polar surface area (TPSA) is 137 Å². The predicted molar refractivity (Wildman–Crippen MR) is 145 cm³/mol. The maximum absolute atomic E-state index is 13.2. The summed E-state index contributed by atoms with van der Waals surface area (Å²) in [6.07, 6.45) is 3.98. The Morgan fingerprint density at radius 3 is 2.82 bits per heavy atom. The molecule has 39 heavy (non-hydrogen) atoms. The molecule has 3 N–H and O–H groups in total. The van der Waals surface area contributed by atoms with Gasteiger partial charge >= 0.3 is 6.09 Å². The van der Waals surface area contributed by atoms with Crippen molar-refractivity contribution < 1.29 is 24.2 Å². The minimum Gasteiger partial charge on any atom is -0.465 e. The molecule has 5 rings (SSSR count). The van der Waals surface area contributed by atoms with Gasteiger partial charge in [-0.05, 0) is 50.2 Å². The van der Waals surface area contributed by atoms with E-state index in [1.54, 1.807) is 12.3 Å². The van der Waals surface area contributed by atoms with Crippen molar-refractivity contribution in [3.8, 4) is 11.3 Å². The summed E-state index contributed by atoms with van der Waals surface area (Å²) in [7, 11) is 0. The van der Waals surface area contributed by atoms with Gasteiger partial charge in [-0.25, -0.2) is 14.8 Å². The first kappa shape index (κ1) is 27.1. The van der Waals surface area contributed by atoms with Crippen LogP contribution in [-0.2, 0) is 16.1 Å². The molecular formula is C27H33ClN6O5. The maximum atomic E-state index is 13.2. The number of rotatable bonds is 7. The Bertz CT molecular complexity index is 1250. The number of likely N-dealkylation sites (tertiary alicyclic amines) is 1. The SMILES string of the molecule is CC(NC(=O)CN1Cc2ccc(-c3nc(NC4CCOCC4)ncc3Cl)cc2C1=O)C1CCCN(C(=O)O)C1. The summed E-state index contributed by atoms with van der Waals surface area (Å²) in [6.45, 7) is 4.45. The summed E-state index contributed by atoms with van der Waals surface area (Å²) in [4.78, 5) is 49.2. The molecule has 0 aliphatic carbocycles. The van der Waals surface area contributed by atoms with Crippen molar-refractivity contribution >= 4 is 35.5 Å². The predicted octanol–water partition coefficient (Wildman–Crippen LogP) is 3.24. The summed E-state index contributed by atoms with van der Waals surface area (Å²) in [5.41, 5.74) is 2.58. The highest BCUT2D eigenvalue weighted by Gasteiger charge is 2.32. The zero-order valence-electron chi connectivity index (χ0n) is 21.9. The van der Waals surface area contributed by atoms with Crippen molar-refractivity contribution in [2.24, 2.45) is 5.92 Å². The molecule has 0 radical (unpaired) electrons. The summed E-state index contributed by atoms with van der Waals surface area (Å²) < 4.78 is 5.41. The molecule has 208 valence electrons. The smallest absolute Gasteiger partial charge is 0.407 e. The Morgan fingerprint density at radius 1 is 1.26 bits per heavy atom. The zero-order valence-corrected chi connectivity index (χ0v) is 22.6. The first-order valence-electron chi connectivity index (χ1n) is 13.3. The second-order valence-electron chi connectivity index (χ2n) is 10.4. The molecule has 3 aliphatic heterocycles. The number of anilines is 1. The lowest BCUT2D eigenvalue weighted by Crippen LogP contribution is -2.49. The standard InChI is InChI=1S/C27H33ClN6O5/c1-16(18-3-2-8-33(13-18)27(37)38)30-23(35)15-34-14-19-5-4-17(11-21(19)25(34)36)24-22(28)12-29-26(32-24)31-20-6-9-39-10-7-20/h4-5,11-12,16,18,20H,2-3,6-10,13-15H2,1H3,(H,30,35)(H,37,38)(H,29,31,32). The molecule has 3 amide bonds. The Balaban J connectivity index is 1.22. The molecule has 1 aromatic heterocycles. The molecule has 4 heterocycles. The lowest BCUT2D eigenvalue weighted by Gasteiger charge is -2.34. The van der Waals surface area contributed by atoms with Gasteiger partial charge in [0.15, 0.2) is 0 Å². The first-order chi connectivity index (χ1) is 18.8.